The van der Waals surface area contributed by atoms with E-state index in [-0.39, 0.29) is 37.7 Å². The number of halogens is 3. The van der Waals surface area contributed by atoms with Crippen LogP contribution in [0.5, 0.6) is 0 Å². The van der Waals surface area contributed by atoms with E-state index in [0.29, 0.717) is 0 Å². The van der Waals surface area contributed by atoms with E-state index in [1.54, 1.807) is 0 Å². The predicted octanol–water partition coefficient (Wildman–Crippen LogP) is -6.87. The van der Waals surface area contributed by atoms with Crippen molar-refractivity contribution in [3.63, 3.8) is 0 Å². The van der Waals surface area contributed by atoms with Crippen LogP contribution in [0, 0.1) is 0 Å². The molecular formula is C7H4BF3Li2O2. The average Bonchev–Trinajstić information content (AvgIpc) is 2.03. The minimum atomic E-state index is -4.64. The summed E-state index contributed by atoms with van der Waals surface area (Å²) >= 11 is 0. The van der Waals surface area contributed by atoms with Gasteiger partial charge in [0.1, 0.15) is 0 Å². The summed E-state index contributed by atoms with van der Waals surface area (Å²) in [6, 6.07) is 3.98. The first-order valence-electron chi connectivity index (χ1n) is 3.40. The van der Waals surface area contributed by atoms with Gasteiger partial charge in [-0.25, -0.2) is 0 Å². The summed E-state index contributed by atoms with van der Waals surface area (Å²) in [4.78, 5) is 0. The SMILES string of the molecule is [Li+].[Li+].[O-]B([O-])c1ccccc1C(F)(F)F. The summed E-state index contributed by atoms with van der Waals surface area (Å²) in [6.45, 7) is 0. The Labute approximate surface area is 109 Å². The third kappa shape index (κ3) is 4.70. The maximum absolute atomic E-state index is 12.1. The topological polar surface area (TPSA) is 46.1 Å². The van der Waals surface area contributed by atoms with Gasteiger partial charge in [-0.15, -0.1) is 5.46 Å². The molecule has 0 atom stereocenters. The second kappa shape index (κ2) is 6.70. The first-order chi connectivity index (χ1) is 5.93. The Morgan fingerprint density at radius 3 is 1.80 bits per heavy atom. The smallest absolute Gasteiger partial charge is 0.889 e. The molecule has 0 N–H and O–H groups in total. The molecule has 0 aromatic heterocycles. The predicted molar refractivity (Wildman–Crippen MR) is 36.8 cm³/mol. The maximum Gasteiger partial charge on any atom is 1.00 e. The second-order valence-electron chi connectivity index (χ2n) is 2.42. The number of hydrogen-bond acceptors (Lipinski definition) is 2. The Balaban J connectivity index is 0. The molecule has 70 valence electrons. The third-order valence-electron chi connectivity index (χ3n) is 1.52. The summed E-state index contributed by atoms with van der Waals surface area (Å²) in [7, 11) is -2.60. The average molecular weight is 202 g/mol. The normalized spacial score (nSPS) is 9.93. The van der Waals surface area contributed by atoms with Crippen molar-refractivity contribution in [3.8, 4) is 0 Å². The van der Waals surface area contributed by atoms with Crippen molar-refractivity contribution in [1.82, 2.24) is 0 Å². The zero-order chi connectivity index (χ0) is 10.1. The Morgan fingerprint density at radius 2 is 1.47 bits per heavy atom. The van der Waals surface area contributed by atoms with Crippen molar-refractivity contribution in [2.75, 3.05) is 0 Å². The molecule has 0 aliphatic heterocycles. The molecule has 0 unspecified atom stereocenters. The summed E-state index contributed by atoms with van der Waals surface area (Å²) in [5.74, 6) is 0. The van der Waals surface area contributed by atoms with E-state index in [1.807, 2.05) is 0 Å². The van der Waals surface area contributed by atoms with Crippen molar-refractivity contribution < 1.29 is 60.9 Å². The molecule has 0 bridgehead atoms. The quantitative estimate of drug-likeness (QED) is 0.425. The van der Waals surface area contributed by atoms with Gasteiger partial charge in [0.15, 0.2) is 0 Å². The molecule has 0 spiro atoms. The number of hydrogen-bond donors (Lipinski definition) is 0. The van der Waals surface area contributed by atoms with Crippen molar-refractivity contribution >= 4 is 12.6 Å². The van der Waals surface area contributed by atoms with Gasteiger partial charge in [-0.2, -0.15) is 13.2 Å². The molecule has 1 aromatic carbocycles. The maximum atomic E-state index is 12.1. The molecule has 0 aliphatic carbocycles. The van der Waals surface area contributed by atoms with Gasteiger partial charge in [0.2, 0.25) is 0 Å². The number of alkyl halides is 3. The fourth-order valence-corrected chi connectivity index (χ4v) is 0.961. The summed E-state index contributed by atoms with van der Waals surface area (Å²) in [6.07, 6.45) is -4.64. The zero-order valence-corrected chi connectivity index (χ0v) is 8.34. The van der Waals surface area contributed by atoms with Gasteiger partial charge in [-0.1, -0.05) is 31.4 Å². The zero-order valence-electron chi connectivity index (χ0n) is 8.34. The van der Waals surface area contributed by atoms with Gasteiger partial charge in [0.25, 0.3) is 0 Å². The Bertz CT molecular complexity index is 307. The Kier molecular flexibility index (Phi) is 7.86. The summed E-state index contributed by atoms with van der Waals surface area (Å²) < 4.78 is 36.4. The Hall–Kier alpha value is 0.190. The molecule has 0 aliphatic rings. The standard InChI is InChI=1S/C7H4BF3O2.2Li/c9-7(10,11)5-3-1-2-4-6(5)8(12)13;;/h1-4H;;/q-2;2*+1. The molecule has 0 heterocycles. The van der Waals surface area contributed by atoms with E-state index in [0.717, 1.165) is 18.2 Å². The van der Waals surface area contributed by atoms with E-state index in [9.17, 15) is 23.2 Å². The largest absolute Gasteiger partial charge is 1.00 e. The van der Waals surface area contributed by atoms with Crippen LogP contribution in [0.1, 0.15) is 5.56 Å². The molecule has 8 heteroatoms. The molecular weight excluding hydrogens is 198 g/mol. The van der Waals surface area contributed by atoms with Crippen LogP contribution in [-0.4, -0.2) is 7.12 Å². The second-order valence-corrected chi connectivity index (χ2v) is 2.42. The molecule has 1 aromatic rings. The van der Waals surface area contributed by atoms with E-state index in [2.05, 4.69) is 0 Å². The molecule has 0 saturated carbocycles. The van der Waals surface area contributed by atoms with Crippen LogP contribution >= 0.6 is 0 Å². The van der Waals surface area contributed by atoms with E-state index >= 15 is 0 Å². The van der Waals surface area contributed by atoms with Crippen LogP contribution in [0.3, 0.4) is 0 Å². The summed E-state index contributed by atoms with van der Waals surface area (Å²) in [5, 5.41) is 20.7. The van der Waals surface area contributed by atoms with Crippen LogP contribution in [0.4, 0.5) is 13.2 Å². The monoisotopic (exact) mass is 202 g/mol. The van der Waals surface area contributed by atoms with Gasteiger partial charge < -0.3 is 10.0 Å². The van der Waals surface area contributed by atoms with Gasteiger partial charge in [-0.05, 0) is 0 Å². The molecule has 15 heavy (non-hydrogen) atoms. The van der Waals surface area contributed by atoms with Crippen molar-refractivity contribution in [2.24, 2.45) is 0 Å². The first-order valence-corrected chi connectivity index (χ1v) is 3.40. The fourth-order valence-electron chi connectivity index (χ4n) is 0.961. The first kappa shape index (κ1) is 17.6. The fraction of sp³-hybridized carbons (Fsp3) is 0.143. The minimum Gasteiger partial charge on any atom is -0.889 e. The number of benzene rings is 1. The van der Waals surface area contributed by atoms with Crippen LogP contribution in [0.2, 0.25) is 0 Å². The van der Waals surface area contributed by atoms with Crippen LogP contribution < -0.4 is 53.2 Å². The van der Waals surface area contributed by atoms with Crippen molar-refractivity contribution in [1.29, 1.82) is 0 Å². The molecule has 0 fully saturated rings. The molecule has 0 amide bonds. The summed E-state index contributed by atoms with van der Waals surface area (Å²) in [5.41, 5.74) is -1.90. The van der Waals surface area contributed by atoms with E-state index in [1.165, 1.54) is 6.07 Å². The van der Waals surface area contributed by atoms with Gasteiger partial charge in [-0.3, -0.25) is 0 Å². The van der Waals surface area contributed by atoms with Gasteiger partial charge >= 0.3 is 43.9 Å². The minimum absolute atomic E-state index is 0. The number of rotatable bonds is 1. The van der Waals surface area contributed by atoms with Gasteiger partial charge in [0.05, 0.1) is 0 Å². The molecule has 1 rings (SSSR count). The van der Waals surface area contributed by atoms with Crippen LogP contribution in [0.15, 0.2) is 24.3 Å². The van der Waals surface area contributed by atoms with E-state index in [4.69, 9.17) is 0 Å². The van der Waals surface area contributed by atoms with Crippen LogP contribution in [0.25, 0.3) is 0 Å². The molecule has 2 nitrogen and oxygen atoms in total. The van der Waals surface area contributed by atoms with Crippen LogP contribution in [-0.2, 0) is 6.18 Å². The van der Waals surface area contributed by atoms with E-state index < -0.39 is 24.3 Å². The Morgan fingerprint density at radius 1 is 1.00 bits per heavy atom. The van der Waals surface area contributed by atoms with Crippen molar-refractivity contribution in [3.05, 3.63) is 29.8 Å². The third-order valence-corrected chi connectivity index (χ3v) is 1.52. The van der Waals surface area contributed by atoms with Crippen molar-refractivity contribution in [2.45, 2.75) is 6.18 Å². The van der Waals surface area contributed by atoms with Gasteiger partial charge in [0, 0.05) is 5.56 Å². The molecule has 0 radical (unpaired) electrons. The molecule has 0 saturated heterocycles.